The van der Waals surface area contributed by atoms with E-state index in [2.05, 4.69) is 25.3 Å². The average Bonchev–Trinajstić information content (AvgIpc) is 1.75. The standard InChI is InChI=1S/C3H8S2.CH4O/c4-2-1-3-5;1-2/h4-5H,1-3H2;2H,1H3. The molecule has 0 heterocycles. The van der Waals surface area contributed by atoms with Gasteiger partial charge in [-0.15, -0.1) is 0 Å². The Kier molecular flexibility index (Phi) is 24.1. The maximum absolute atomic E-state index is 7.00. The smallest absolute Gasteiger partial charge is 0.0319 e. The van der Waals surface area contributed by atoms with Gasteiger partial charge in [0.25, 0.3) is 0 Å². The van der Waals surface area contributed by atoms with Gasteiger partial charge in [0.2, 0.25) is 0 Å². The maximum Gasteiger partial charge on any atom is 0.0319 e. The first-order chi connectivity index (χ1) is 3.41. The summed E-state index contributed by atoms with van der Waals surface area (Å²) >= 11 is 7.90. The van der Waals surface area contributed by atoms with Crippen LogP contribution in [0.3, 0.4) is 0 Å². The molecule has 0 bridgehead atoms. The molecule has 46 valence electrons. The minimum atomic E-state index is 0.962. The van der Waals surface area contributed by atoms with Crippen LogP contribution in [0.2, 0.25) is 0 Å². The molecule has 0 unspecified atom stereocenters. The Morgan fingerprint density at radius 1 is 1.14 bits per heavy atom. The lowest BCUT2D eigenvalue weighted by molar-refractivity contribution is 0.399. The highest BCUT2D eigenvalue weighted by atomic mass is 32.1. The van der Waals surface area contributed by atoms with Gasteiger partial charge in [0.15, 0.2) is 0 Å². The number of aliphatic hydroxyl groups is 1. The molecule has 0 radical (unpaired) electrons. The lowest BCUT2D eigenvalue weighted by Crippen LogP contribution is -1.71. The summed E-state index contributed by atoms with van der Waals surface area (Å²) in [6.07, 6.45) is 1.12. The highest BCUT2D eigenvalue weighted by Crippen LogP contribution is 1.83. The molecule has 0 rings (SSSR count). The van der Waals surface area contributed by atoms with Crippen LogP contribution in [0.25, 0.3) is 0 Å². The lowest BCUT2D eigenvalue weighted by Gasteiger charge is -1.78. The topological polar surface area (TPSA) is 20.2 Å². The second-order valence-electron chi connectivity index (χ2n) is 0.801. The Labute approximate surface area is 55.9 Å². The molecule has 7 heavy (non-hydrogen) atoms. The Hall–Kier alpha value is 0.660. The normalized spacial score (nSPS) is 6.86. The van der Waals surface area contributed by atoms with E-state index in [-0.39, 0.29) is 0 Å². The second-order valence-corrected chi connectivity index (χ2v) is 1.70. The van der Waals surface area contributed by atoms with E-state index in [0.29, 0.717) is 0 Å². The number of hydrogen-bond acceptors (Lipinski definition) is 3. The molecule has 0 saturated heterocycles. The van der Waals surface area contributed by atoms with Crippen LogP contribution in [0.1, 0.15) is 6.42 Å². The Morgan fingerprint density at radius 3 is 1.43 bits per heavy atom. The van der Waals surface area contributed by atoms with Crippen molar-refractivity contribution in [3.63, 3.8) is 0 Å². The molecule has 0 spiro atoms. The van der Waals surface area contributed by atoms with Crippen molar-refractivity contribution in [3.8, 4) is 0 Å². The van der Waals surface area contributed by atoms with Crippen LogP contribution in [-0.4, -0.2) is 23.7 Å². The number of rotatable bonds is 2. The van der Waals surface area contributed by atoms with E-state index in [0.717, 1.165) is 25.0 Å². The number of hydrogen-bond donors (Lipinski definition) is 3. The van der Waals surface area contributed by atoms with E-state index in [1.807, 2.05) is 0 Å². The summed E-state index contributed by atoms with van der Waals surface area (Å²) in [7, 11) is 1.00. The summed E-state index contributed by atoms with van der Waals surface area (Å²) in [5.74, 6) is 1.92. The van der Waals surface area contributed by atoms with Crippen molar-refractivity contribution in [2.45, 2.75) is 6.42 Å². The van der Waals surface area contributed by atoms with Gasteiger partial charge in [0, 0.05) is 7.11 Å². The fraction of sp³-hybridized carbons (Fsp3) is 1.00. The van der Waals surface area contributed by atoms with E-state index in [1.165, 1.54) is 0 Å². The number of thiol groups is 2. The van der Waals surface area contributed by atoms with Crippen LogP contribution >= 0.6 is 25.3 Å². The van der Waals surface area contributed by atoms with Crippen molar-refractivity contribution in [1.82, 2.24) is 0 Å². The van der Waals surface area contributed by atoms with E-state index >= 15 is 0 Å². The van der Waals surface area contributed by atoms with Crippen LogP contribution < -0.4 is 0 Å². The van der Waals surface area contributed by atoms with Crippen LogP contribution in [0.5, 0.6) is 0 Å². The minimum absolute atomic E-state index is 0.962. The first-order valence-electron chi connectivity index (χ1n) is 2.08. The summed E-state index contributed by atoms with van der Waals surface area (Å²) in [5, 5.41) is 7.00. The Bertz CT molecular complexity index is 17.2. The predicted molar refractivity (Wildman–Crippen MR) is 40.5 cm³/mol. The molecular weight excluding hydrogens is 128 g/mol. The van der Waals surface area contributed by atoms with E-state index in [4.69, 9.17) is 5.11 Å². The zero-order valence-electron chi connectivity index (χ0n) is 4.46. The molecule has 0 fully saturated rings. The van der Waals surface area contributed by atoms with Crippen molar-refractivity contribution in [1.29, 1.82) is 0 Å². The summed E-state index contributed by atoms with van der Waals surface area (Å²) in [5.41, 5.74) is 0. The molecule has 1 nitrogen and oxygen atoms in total. The maximum atomic E-state index is 7.00. The molecule has 0 saturated carbocycles. The molecule has 0 aliphatic heterocycles. The summed E-state index contributed by atoms with van der Waals surface area (Å²) in [6, 6.07) is 0. The molecule has 0 aromatic rings. The minimum Gasteiger partial charge on any atom is -0.400 e. The highest BCUT2D eigenvalue weighted by molar-refractivity contribution is 7.81. The van der Waals surface area contributed by atoms with Crippen molar-refractivity contribution in [2.75, 3.05) is 18.6 Å². The molecule has 0 aliphatic carbocycles. The summed E-state index contributed by atoms with van der Waals surface area (Å²) < 4.78 is 0. The van der Waals surface area contributed by atoms with Crippen molar-refractivity contribution in [2.24, 2.45) is 0 Å². The van der Waals surface area contributed by atoms with Crippen molar-refractivity contribution in [3.05, 3.63) is 0 Å². The van der Waals surface area contributed by atoms with Gasteiger partial charge in [0.1, 0.15) is 0 Å². The molecule has 0 aromatic carbocycles. The third-order valence-electron chi connectivity index (χ3n) is 0.316. The van der Waals surface area contributed by atoms with E-state index < -0.39 is 0 Å². The fourth-order valence-corrected chi connectivity index (χ4v) is 0.636. The van der Waals surface area contributed by atoms with Gasteiger partial charge in [-0.05, 0) is 17.9 Å². The molecule has 0 amide bonds. The average molecular weight is 140 g/mol. The largest absolute Gasteiger partial charge is 0.400 e. The molecule has 0 aromatic heterocycles. The van der Waals surface area contributed by atoms with Gasteiger partial charge in [-0.1, -0.05) is 0 Å². The highest BCUT2D eigenvalue weighted by Gasteiger charge is 1.69. The van der Waals surface area contributed by atoms with Gasteiger partial charge in [-0.25, -0.2) is 0 Å². The zero-order valence-corrected chi connectivity index (χ0v) is 6.25. The van der Waals surface area contributed by atoms with E-state index in [9.17, 15) is 0 Å². The summed E-state index contributed by atoms with van der Waals surface area (Å²) in [4.78, 5) is 0. The predicted octanol–water partition coefficient (Wildman–Crippen LogP) is 0.845. The number of aliphatic hydroxyl groups excluding tert-OH is 1. The van der Waals surface area contributed by atoms with Crippen LogP contribution in [-0.2, 0) is 0 Å². The monoisotopic (exact) mass is 140 g/mol. The van der Waals surface area contributed by atoms with Crippen LogP contribution in [0, 0.1) is 0 Å². The first kappa shape index (κ1) is 10.6. The Balaban J connectivity index is 0. The van der Waals surface area contributed by atoms with Crippen LogP contribution in [0.15, 0.2) is 0 Å². The van der Waals surface area contributed by atoms with Crippen molar-refractivity contribution < 1.29 is 5.11 Å². The van der Waals surface area contributed by atoms with Crippen molar-refractivity contribution >= 4 is 25.3 Å². The molecule has 0 atom stereocenters. The van der Waals surface area contributed by atoms with Gasteiger partial charge in [-0.2, -0.15) is 25.3 Å². The van der Waals surface area contributed by atoms with Gasteiger partial charge < -0.3 is 5.11 Å². The first-order valence-corrected chi connectivity index (χ1v) is 3.34. The molecule has 1 N–H and O–H groups in total. The molecule has 3 heteroatoms. The molecular formula is C4H12OS2. The van der Waals surface area contributed by atoms with Crippen LogP contribution in [0.4, 0.5) is 0 Å². The zero-order chi connectivity index (χ0) is 6.12. The Morgan fingerprint density at radius 2 is 1.43 bits per heavy atom. The third kappa shape index (κ3) is 20.4. The SMILES string of the molecule is CO.SCCCS. The summed E-state index contributed by atoms with van der Waals surface area (Å²) in [6.45, 7) is 0. The van der Waals surface area contributed by atoms with Gasteiger partial charge >= 0.3 is 0 Å². The quantitative estimate of drug-likeness (QED) is 0.486. The van der Waals surface area contributed by atoms with E-state index in [1.54, 1.807) is 0 Å². The lowest BCUT2D eigenvalue weighted by atomic mass is 10.6. The molecule has 0 aliphatic rings. The fourth-order valence-electron chi connectivity index (χ4n) is 0.0707. The van der Waals surface area contributed by atoms with Gasteiger partial charge in [-0.3, -0.25) is 0 Å². The van der Waals surface area contributed by atoms with Gasteiger partial charge in [0.05, 0.1) is 0 Å². The second kappa shape index (κ2) is 15.9. The third-order valence-corrected chi connectivity index (χ3v) is 0.949.